The summed E-state index contributed by atoms with van der Waals surface area (Å²) in [6.45, 7) is 4.34. The van der Waals surface area contributed by atoms with Crippen molar-refractivity contribution in [3.05, 3.63) is 96.3 Å². The Hall–Kier alpha value is -3.27. The zero-order valence-corrected chi connectivity index (χ0v) is 23.5. The lowest BCUT2D eigenvalue weighted by atomic mass is 10.2. The lowest BCUT2D eigenvalue weighted by molar-refractivity contribution is -0.118. The minimum Gasteiger partial charge on any atom is -0.308 e. The van der Waals surface area contributed by atoms with Gasteiger partial charge in [-0.15, -0.1) is 5.10 Å². The van der Waals surface area contributed by atoms with Gasteiger partial charge in [-0.3, -0.25) is 19.6 Å². The van der Waals surface area contributed by atoms with Crippen LogP contribution in [0.15, 0.2) is 94.9 Å². The first-order valence-electron chi connectivity index (χ1n) is 12.8. The van der Waals surface area contributed by atoms with Gasteiger partial charge in [0.2, 0.25) is 0 Å². The number of nitrogens with one attached hydrogen (secondary N) is 1. The molecule has 4 aromatic rings. The summed E-state index contributed by atoms with van der Waals surface area (Å²) in [6.07, 6.45) is 1.72. The topological polar surface area (TPSA) is 98.6 Å². The van der Waals surface area contributed by atoms with E-state index in [1.165, 1.54) is 4.68 Å². The van der Waals surface area contributed by atoms with Crippen molar-refractivity contribution in [1.29, 1.82) is 0 Å². The summed E-state index contributed by atoms with van der Waals surface area (Å²) in [6, 6.07) is 25.1. The van der Waals surface area contributed by atoms with Gasteiger partial charge >= 0.3 is 7.60 Å². The molecule has 2 heterocycles. The van der Waals surface area contributed by atoms with E-state index in [4.69, 9.17) is 9.05 Å². The van der Waals surface area contributed by atoms with Crippen molar-refractivity contribution in [3.63, 3.8) is 0 Å². The second kappa shape index (κ2) is 12.3. The molecule has 202 valence electrons. The molecule has 5 rings (SSSR count). The fourth-order valence-corrected chi connectivity index (χ4v) is 7.48. The first kappa shape index (κ1) is 27.3. The summed E-state index contributed by atoms with van der Waals surface area (Å²) >= 11 is 1.65. The molecule has 1 aromatic heterocycles. The Morgan fingerprint density at radius 1 is 0.923 bits per heavy atom. The predicted molar refractivity (Wildman–Crippen MR) is 151 cm³/mol. The molecule has 0 saturated carbocycles. The van der Waals surface area contributed by atoms with E-state index >= 15 is 0 Å². The molecule has 1 N–H and O–H groups in total. The molecule has 9 nitrogen and oxygen atoms in total. The van der Waals surface area contributed by atoms with Crippen LogP contribution in [-0.4, -0.2) is 34.1 Å². The second-order valence-corrected chi connectivity index (χ2v) is 11.9. The third-order valence-corrected chi connectivity index (χ3v) is 9.57. The number of para-hydroxylation sites is 2. The zero-order valence-electron chi connectivity index (χ0n) is 21.8. The molecule has 0 fully saturated rings. The monoisotopic (exact) mass is 563 g/mol. The molecule has 0 radical (unpaired) electrons. The highest BCUT2D eigenvalue weighted by Gasteiger charge is 2.36. The fourth-order valence-electron chi connectivity index (χ4n) is 4.47. The quantitative estimate of drug-likeness (QED) is 0.217. The molecular formula is C28H30N5O4PS. The Labute approximate surface area is 232 Å². The number of carbonyl (C=O) groups excluding carboxylic acids is 1. The van der Waals surface area contributed by atoms with Crippen molar-refractivity contribution < 1.29 is 18.4 Å². The van der Waals surface area contributed by atoms with E-state index in [9.17, 15) is 9.36 Å². The molecule has 0 aliphatic carbocycles. The van der Waals surface area contributed by atoms with E-state index < -0.39 is 13.4 Å². The van der Waals surface area contributed by atoms with Crippen LogP contribution >= 0.6 is 19.4 Å². The van der Waals surface area contributed by atoms with Crippen LogP contribution in [0.5, 0.6) is 0 Å². The minimum atomic E-state index is -3.51. The number of anilines is 2. The number of fused-ring (bicyclic) bond motifs is 2. The molecule has 0 bridgehead atoms. The van der Waals surface area contributed by atoms with Crippen LogP contribution in [0.25, 0.3) is 0 Å². The van der Waals surface area contributed by atoms with Crippen LogP contribution in [0.2, 0.25) is 0 Å². The van der Waals surface area contributed by atoms with Crippen LogP contribution in [0.1, 0.15) is 30.9 Å². The predicted octanol–water partition coefficient (Wildman–Crippen LogP) is 6.16. The van der Waals surface area contributed by atoms with Gasteiger partial charge in [-0.05, 0) is 43.7 Å². The van der Waals surface area contributed by atoms with Crippen LogP contribution in [-0.2, 0) is 31.5 Å². The van der Waals surface area contributed by atoms with Crippen molar-refractivity contribution in [1.82, 2.24) is 20.3 Å². The Kier molecular flexibility index (Phi) is 8.60. The van der Waals surface area contributed by atoms with Gasteiger partial charge in [0.05, 0.1) is 36.5 Å². The van der Waals surface area contributed by atoms with E-state index in [1.54, 1.807) is 36.7 Å². The van der Waals surface area contributed by atoms with E-state index in [1.807, 2.05) is 78.9 Å². The molecule has 1 atom stereocenters. The zero-order chi connectivity index (χ0) is 27.2. The van der Waals surface area contributed by atoms with Gasteiger partial charge in [0.25, 0.3) is 5.91 Å². The maximum absolute atomic E-state index is 13.7. The molecule has 1 amide bonds. The summed E-state index contributed by atoms with van der Waals surface area (Å²) < 4.78 is 26.5. The normalized spacial score (nSPS) is 13.5. The van der Waals surface area contributed by atoms with Gasteiger partial charge in [0.15, 0.2) is 0 Å². The number of amides is 1. The standard InChI is InChI=1S/C28H30N5O4PS/c1-3-36-38(35,37-4-2)28(21-12-6-5-7-13-21)29-18-22-19-32(31-30-22)20-27(34)33-23-14-8-10-16-25(23)39-26-17-11-9-15-24(26)33/h5-17,19,28-29H,3-4,18,20H2,1-2H3. The summed E-state index contributed by atoms with van der Waals surface area (Å²) in [5.74, 6) is -0.816. The van der Waals surface area contributed by atoms with Crippen LogP contribution in [0.3, 0.4) is 0 Å². The van der Waals surface area contributed by atoms with E-state index in [0.29, 0.717) is 5.69 Å². The average molecular weight is 564 g/mol. The summed E-state index contributed by atoms with van der Waals surface area (Å²) in [4.78, 5) is 17.4. The van der Waals surface area contributed by atoms with Crippen molar-refractivity contribution in [2.75, 3.05) is 18.1 Å². The third-order valence-electron chi connectivity index (χ3n) is 6.09. The van der Waals surface area contributed by atoms with E-state index in [-0.39, 0.29) is 32.2 Å². The highest BCUT2D eigenvalue weighted by atomic mass is 32.2. The molecule has 3 aromatic carbocycles. The Bertz CT molecular complexity index is 1430. The van der Waals surface area contributed by atoms with Crippen LogP contribution < -0.4 is 10.2 Å². The Balaban J connectivity index is 1.33. The fraction of sp³-hybridized carbons (Fsp3) is 0.250. The molecule has 1 unspecified atom stereocenters. The molecule has 11 heteroatoms. The molecule has 1 aliphatic heterocycles. The first-order valence-corrected chi connectivity index (χ1v) is 15.2. The number of rotatable bonds is 11. The van der Waals surface area contributed by atoms with Crippen molar-refractivity contribution in [2.24, 2.45) is 0 Å². The molecular weight excluding hydrogens is 533 g/mol. The largest absolute Gasteiger partial charge is 0.351 e. The summed E-state index contributed by atoms with van der Waals surface area (Å²) in [7, 11) is -3.51. The third kappa shape index (κ3) is 6.00. The van der Waals surface area contributed by atoms with Gasteiger partial charge < -0.3 is 9.05 Å². The van der Waals surface area contributed by atoms with Crippen molar-refractivity contribution in [3.8, 4) is 0 Å². The van der Waals surface area contributed by atoms with Gasteiger partial charge in [-0.25, -0.2) is 4.68 Å². The minimum absolute atomic E-state index is 0.0127. The highest BCUT2D eigenvalue weighted by Crippen LogP contribution is 2.59. The average Bonchev–Trinajstić information content (AvgIpc) is 3.39. The molecule has 39 heavy (non-hydrogen) atoms. The second-order valence-electron chi connectivity index (χ2n) is 8.74. The number of hydrogen-bond acceptors (Lipinski definition) is 8. The molecule has 1 aliphatic rings. The van der Waals surface area contributed by atoms with Gasteiger partial charge in [0.1, 0.15) is 12.3 Å². The van der Waals surface area contributed by atoms with Gasteiger partial charge in [-0.2, -0.15) is 0 Å². The van der Waals surface area contributed by atoms with Gasteiger partial charge in [0, 0.05) is 16.3 Å². The van der Waals surface area contributed by atoms with E-state index in [2.05, 4.69) is 15.6 Å². The van der Waals surface area contributed by atoms with Crippen LogP contribution in [0, 0.1) is 0 Å². The number of aromatic nitrogens is 3. The van der Waals surface area contributed by atoms with Crippen LogP contribution in [0.4, 0.5) is 11.4 Å². The van der Waals surface area contributed by atoms with Gasteiger partial charge in [-0.1, -0.05) is 71.6 Å². The molecule has 0 saturated heterocycles. The first-order chi connectivity index (χ1) is 19.0. The van der Waals surface area contributed by atoms with Crippen molar-refractivity contribution in [2.45, 2.75) is 42.5 Å². The Morgan fingerprint density at radius 3 is 2.13 bits per heavy atom. The SMILES string of the molecule is CCOP(=O)(OCC)C(NCc1cn(CC(=O)N2c3ccccc3Sc3ccccc32)nn1)c1ccccc1. The Morgan fingerprint density at radius 2 is 1.51 bits per heavy atom. The number of nitrogens with zero attached hydrogens (tertiary/aromatic N) is 4. The number of hydrogen-bond donors (Lipinski definition) is 1. The summed E-state index contributed by atoms with van der Waals surface area (Å²) in [5.41, 5.74) is 3.08. The number of benzene rings is 3. The van der Waals surface area contributed by atoms with Crippen molar-refractivity contribution >= 4 is 36.6 Å². The maximum Gasteiger partial charge on any atom is 0.351 e. The number of carbonyl (C=O) groups is 1. The lowest BCUT2D eigenvalue weighted by Gasteiger charge is -2.30. The highest BCUT2D eigenvalue weighted by molar-refractivity contribution is 7.99. The molecule has 0 spiro atoms. The summed E-state index contributed by atoms with van der Waals surface area (Å²) in [5, 5.41) is 11.7. The maximum atomic E-state index is 13.7. The van der Waals surface area contributed by atoms with E-state index in [0.717, 1.165) is 26.7 Å². The lowest BCUT2D eigenvalue weighted by Crippen LogP contribution is -2.31. The smallest absolute Gasteiger partial charge is 0.308 e.